The molecule has 0 aromatic heterocycles. The molecule has 0 spiro atoms. The van der Waals surface area contributed by atoms with E-state index >= 15 is 0 Å². The molecule has 0 bridgehead atoms. The van der Waals surface area contributed by atoms with Crippen LogP contribution in [0.15, 0.2) is 11.6 Å². The van der Waals surface area contributed by atoms with Gasteiger partial charge in [0.05, 0.1) is 0 Å². The average Bonchev–Trinajstić information content (AvgIpc) is 1.82. The van der Waals surface area contributed by atoms with Crippen LogP contribution in [0.25, 0.3) is 0 Å². The zero-order chi connectivity index (χ0) is 7.28. The van der Waals surface area contributed by atoms with Crippen LogP contribution in [-0.2, 0) is 4.79 Å². The van der Waals surface area contributed by atoms with E-state index in [2.05, 4.69) is 13.8 Å². The van der Waals surface area contributed by atoms with Gasteiger partial charge in [0.15, 0.2) is 0 Å². The highest BCUT2D eigenvalue weighted by Crippen LogP contribution is 2.02. The molecule has 0 radical (unpaired) electrons. The first-order valence-electron chi connectivity index (χ1n) is 3.36. The number of carbonyl (C=O) groups is 1. The molecule has 0 amide bonds. The molecule has 0 rings (SSSR count). The number of carbonyl (C=O) groups excluding carboxylic acids is 1. The molecule has 1 nitrogen and oxygen atoms in total. The number of allylic oxidation sites excluding steroid dienone is 2. The van der Waals surface area contributed by atoms with E-state index in [9.17, 15) is 4.79 Å². The highest BCUT2D eigenvalue weighted by molar-refractivity contribution is 5.72. The highest BCUT2D eigenvalue weighted by Gasteiger charge is 1.91. The monoisotopic (exact) mass is 126 g/mol. The summed E-state index contributed by atoms with van der Waals surface area (Å²) in [5, 5.41) is 0. The number of rotatable bonds is 3. The van der Waals surface area contributed by atoms with Crippen LogP contribution in [0, 0.1) is 5.92 Å². The third-order valence-corrected chi connectivity index (χ3v) is 1.11. The average molecular weight is 126 g/mol. The van der Waals surface area contributed by atoms with Gasteiger partial charge in [-0.1, -0.05) is 26.8 Å². The van der Waals surface area contributed by atoms with Gasteiger partial charge in [0.1, 0.15) is 6.29 Å². The summed E-state index contributed by atoms with van der Waals surface area (Å²) in [6, 6.07) is 0. The predicted molar refractivity (Wildman–Crippen MR) is 39.3 cm³/mol. The van der Waals surface area contributed by atoms with Gasteiger partial charge in [0.2, 0.25) is 0 Å². The first-order chi connectivity index (χ1) is 4.20. The van der Waals surface area contributed by atoms with Gasteiger partial charge in [-0.2, -0.15) is 0 Å². The van der Waals surface area contributed by atoms with Crippen LogP contribution in [0.1, 0.15) is 27.2 Å². The summed E-state index contributed by atoms with van der Waals surface area (Å²) >= 11 is 0. The van der Waals surface area contributed by atoms with Crippen molar-refractivity contribution in [2.24, 2.45) is 5.92 Å². The molecule has 0 aromatic carbocycles. The number of hydrogen-bond acceptors (Lipinski definition) is 1. The molecule has 0 aromatic rings. The Kier molecular flexibility index (Phi) is 4.02. The standard InChI is InChI=1S/C8H14O/c1-4-8(6-9)5-7(2)3/h5-7H,4H2,1-3H3. The van der Waals surface area contributed by atoms with Gasteiger partial charge in [-0.15, -0.1) is 0 Å². The molecule has 1 heteroatoms. The minimum atomic E-state index is 0.491. The zero-order valence-electron chi connectivity index (χ0n) is 6.35. The van der Waals surface area contributed by atoms with E-state index in [1.165, 1.54) is 0 Å². The van der Waals surface area contributed by atoms with Crippen molar-refractivity contribution in [1.29, 1.82) is 0 Å². The first kappa shape index (κ1) is 8.41. The summed E-state index contributed by atoms with van der Waals surface area (Å²) in [4.78, 5) is 10.2. The van der Waals surface area contributed by atoms with Crippen molar-refractivity contribution in [2.45, 2.75) is 27.2 Å². The Morgan fingerprint density at radius 2 is 2.11 bits per heavy atom. The van der Waals surface area contributed by atoms with Crippen molar-refractivity contribution in [2.75, 3.05) is 0 Å². The van der Waals surface area contributed by atoms with Gasteiger partial charge in [0.25, 0.3) is 0 Å². The summed E-state index contributed by atoms with van der Waals surface area (Å²) in [5.74, 6) is 0.491. The third-order valence-electron chi connectivity index (χ3n) is 1.11. The van der Waals surface area contributed by atoms with E-state index in [1.807, 2.05) is 13.0 Å². The fraction of sp³-hybridized carbons (Fsp3) is 0.625. The van der Waals surface area contributed by atoms with Gasteiger partial charge in [0, 0.05) is 0 Å². The Bertz CT molecular complexity index is 112. The maximum atomic E-state index is 10.2. The second-order valence-electron chi connectivity index (χ2n) is 2.46. The highest BCUT2D eigenvalue weighted by atomic mass is 16.1. The zero-order valence-corrected chi connectivity index (χ0v) is 6.35. The molecule has 52 valence electrons. The van der Waals surface area contributed by atoms with Gasteiger partial charge >= 0.3 is 0 Å². The molecule has 0 unspecified atom stereocenters. The fourth-order valence-electron chi connectivity index (χ4n) is 0.669. The Labute approximate surface area is 56.8 Å². The lowest BCUT2D eigenvalue weighted by molar-refractivity contribution is -0.105. The van der Waals surface area contributed by atoms with E-state index in [0.29, 0.717) is 5.92 Å². The van der Waals surface area contributed by atoms with Gasteiger partial charge in [-0.3, -0.25) is 4.79 Å². The summed E-state index contributed by atoms with van der Waals surface area (Å²) in [5.41, 5.74) is 0.907. The van der Waals surface area contributed by atoms with Crippen LogP contribution < -0.4 is 0 Å². The van der Waals surface area contributed by atoms with Crippen molar-refractivity contribution in [3.63, 3.8) is 0 Å². The molecule has 0 aliphatic carbocycles. The van der Waals surface area contributed by atoms with Crippen molar-refractivity contribution >= 4 is 6.29 Å². The Morgan fingerprint density at radius 3 is 2.22 bits per heavy atom. The van der Waals surface area contributed by atoms with Crippen LogP contribution >= 0.6 is 0 Å². The second-order valence-corrected chi connectivity index (χ2v) is 2.46. The van der Waals surface area contributed by atoms with Crippen molar-refractivity contribution in [3.05, 3.63) is 11.6 Å². The van der Waals surface area contributed by atoms with E-state index in [1.54, 1.807) is 0 Å². The lowest BCUT2D eigenvalue weighted by Crippen LogP contribution is -1.86. The van der Waals surface area contributed by atoms with E-state index in [-0.39, 0.29) is 0 Å². The van der Waals surface area contributed by atoms with Crippen LogP contribution in [0.5, 0.6) is 0 Å². The fourth-order valence-corrected chi connectivity index (χ4v) is 0.669. The molecule has 0 N–H and O–H groups in total. The van der Waals surface area contributed by atoms with Crippen LogP contribution in [-0.4, -0.2) is 6.29 Å². The topological polar surface area (TPSA) is 17.1 Å². The molecule has 0 fully saturated rings. The molecule has 0 atom stereocenters. The van der Waals surface area contributed by atoms with Crippen LogP contribution in [0.3, 0.4) is 0 Å². The minimum absolute atomic E-state index is 0.491. The quantitative estimate of drug-likeness (QED) is 0.418. The Balaban J connectivity index is 3.90. The van der Waals surface area contributed by atoms with Crippen molar-refractivity contribution in [3.8, 4) is 0 Å². The van der Waals surface area contributed by atoms with Gasteiger partial charge < -0.3 is 0 Å². The van der Waals surface area contributed by atoms with Crippen LogP contribution in [0.2, 0.25) is 0 Å². The Hall–Kier alpha value is -0.590. The molecule has 0 aliphatic rings. The molecule has 0 saturated carbocycles. The largest absolute Gasteiger partial charge is 0.298 e. The van der Waals surface area contributed by atoms with Crippen LogP contribution in [0.4, 0.5) is 0 Å². The smallest absolute Gasteiger partial charge is 0.145 e. The molecular weight excluding hydrogens is 112 g/mol. The lowest BCUT2D eigenvalue weighted by atomic mass is 10.1. The van der Waals surface area contributed by atoms with E-state index < -0.39 is 0 Å². The summed E-state index contributed by atoms with van der Waals surface area (Å²) in [6.07, 6.45) is 3.77. The summed E-state index contributed by atoms with van der Waals surface area (Å²) in [6.45, 7) is 6.13. The summed E-state index contributed by atoms with van der Waals surface area (Å²) in [7, 11) is 0. The van der Waals surface area contributed by atoms with Crippen molar-refractivity contribution < 1.29 is 4.79 Å². The van der Waals surface area contributed by atoms with Gasteiger partial charge in [-0.25, -0.2) is 0 Å². The number of hydrogen-bond donors (Lipinski definition) is 0. The van der Waals surface area contributed by atoms with E-state index in [4.69, 9.17) is 0 Å². The number of aldehydes is 1. The molecule has 0 aliphatic heterocycles. The Morgan fingerprint density at radius 1 is 1.56 bits per heavy atom. The van der Waals surface area contributed by atoms with E-state index in [0.717, 1.165) is 18.3 Å². The molecule has 0 saturated heterocycles. The SMILES string of the molecule is CCC(C=O)=CC(C)C. The first-order valence-corrected chi connectivity index (χ1v) is 3.36. The summed E-state index contributed by atoms with van der Waals surface area (Å²) < 4.78 is 0. The molecule has 0 heterocycles. The normalized spacial score (nSPS) is 12.2. The van der Waals surface area contributed by atoms with Crippen molar-refractivity contribution in [1.82, 2.24) is 0 Å². The maximum Gasteiger partial charge on any atom is 0.145 e. The lowest BCUT2D eigenvalue weighted by Gasteiger charge is -1.96. The maximum absolute atomic E-state index is 10.2. The second kappa shape index (κ2) is 4.30. The molecule has 9 heavy (non-hydrogen) atoms. The minimum Gasteiger partial charge on any atom is -0.298 e. The third kappa shape index (κ3) is 3.95. The predicted octanol–water partition coefficient (Wildman–Crippen LogP) is 2.18. The van der Waals surface area contributed by atoms with Gasteiger partial charge in [-0.05, 0) is 17.9 Å². The molecular formula is C8H14O.